The molecule has 96 valence electrons. The summed E-state index contributed by atoms with van der Waals surface area (Å²) in [6.07, 6.45) is 1.73. The van der Waals surface area contributed by atoms with E-state index in [4.69, 9.17) is 4.42 Å². The molecule has 1 aromatic carbocycles. The number of nitrogens with zero attached hydrogens (tertiary/aromatic N) is 2. The lowest BCUT2D eigenvalue weighted by Crippen LogP contribution is -2.11. The molecule has 0 bridgehead atoms. The van der Waals surface area contributed by atoms with Gasteiger partial charge in [0.1, 0.15) is 17.7 Å². The minimum absolute atomic E-state index is 0.343. The largest absolute Gasteiger partial charge is 0.464 e. The molecule has 0 atom stereocenters. The van der Waals surface area contributed by atoms with Crippen molar-refractivity contribution in [3.63, 3.8) is 0 Å². The molecule has 2 heterocycles. The highest BCUT2D eigenvalue weighted by molar-refractivity contribution is 5.92. The van der Waals surface area contributed by atoms with Gasteiger partial charge in [-0.15, -0.1) is 10.2 Å². The molecule has 0 amide bonds. The van der Waals surface area contributed by atoms with Crippen molar-refractivity contribution in [1.29, 1.82) is 0 Å². The van der Waals surface area contributed by atoms with Crippen molar-refractivity contribution < 1.29 is 4.42 Å². The molecule has 4 nitrogen and oxygen atoms in total. The second-order valence-electron chi connectivity index (χ2n) is 4.75. The molecule has 2 aromatic heterocycles. The van der Waals surface area contributed by atoms with Gasteiger partial charge in [-0.25, -0.2) is 0 Å². The van der Waals surface area contributed by atoms with Crippen molar-refractivity contribution in [3.8, 4) is 11.3 Å². The summed E-state index contributed by atoms with van der Waals surface area (Å²) >= 11 is 0. The molecule has 0 unspecified atom stereocenters. The highest BCUT2D eigenvalue weighted by Gasteiger charge is 2.09. The van der Waals surface area contributed by atoms with Crippen molar-refractivity contribution in [1.82, 2.24) is 10.2 Å². The Morgan fingerprint density at radius 1 is 1.05 bits per heavy atom. The van der Waals surface area contributed by atoms with E-state index in [1.165, 1.54) is 0 Å². The normalized spacial score (nSPS) is 11.1. The molecule has 0 aliphatic rings. The monoisotopic (exact) mass is 253 g/mol. The Bertz CT molecular complexity index is 686. The summed E-state index contributed by atoms with van der Waals surface area (Å²) in [5, 5.41) is 12.7. The molecule has 19 heavy (non-hydrogen) atoms. The Hall–Kier alpha value is -2.36. The van der Waals surface area contributed by atoms with Crippen LogP contribution < -0.4 is 5.32 Å². The third-order valence-corrected chi connectivity index (χ3v) is 2.86. The van der Waals surface area contributed by atoms with Crippen LogP contribution in [-0.4, -0.2) is 16.2 Å². The van der Waals surface area contributed by atoms with Crippen molar-refractivity contribution in [2.24, 2.45) is 0 Å². The Kier molecular flexibility index (Phi) is 2.91. The molecule has 1 N–H and O–H groups in total. The lowest BCUT2D eigenvalue weighted by Gasteiger charge is -2.07. The smallest absolute Gasteiger partial charge is 0.148 e. The van der Waals surface area contributed by atoms with Crippen LogP contribution >= 0.6 is 0 Å². The van der Waals surface area contributed by atoms with Gasteiger partial charge in [0.25, 0.3) is 0 Å². The molecule has 0 saturated carbocycles. The molecule has 0 radical (unpaired) electrons. The van der Waals surface area contributed by atoms with E-state index in [1.54, 1.807) is 6.26 Å². The van der Waals surface area contributed by atoms with Crippen LogP contribution in [0.25, 0.3) is 22.2 Å². The average molecular weight is 253 g/mol. The molecule has 4 heteroatoms. The zero-order valence-corrected chi connectivity index (χ0v) is 10.9. The minimum Gasteiger partial charge on any atom is -0.464 e. The molecule has 0 spiro atoms. The zero-order chi connectivity index (χ0) is 13.2. The van der Waals surface area contributed by atoms with Gasteiger partial charge < -0.3 is 9.73 Å². The van der Waals surface area contributed by atoms with Gasteiger partial charge in [-0.3, -0.25) is 0 Å². The SMILES string of the molecule is CC(C)Nc1ccc(-c2coc3ccccc23)nn1. The maximum Gasteiger partial charge on any atom is 0.148 e. The Morgan fingerprint density at radius 3 is 2.63 bits per heavy atom. The van der Waals surface area contributed by atoms with Gasteiger partial charge in [0, 0.05) is 17.0 Å². The summed E-state index contributed by atoms with van der Waals surface area (Å²) in [4.78, 5) is 0. The number of hydrogen-bond acceptors (Lipinski definition) is 4. The fraction of sp³-hybridized carbons (Fsp3) is 0.200. The Labute approximate surface area is 111 Å². The summed E-state index contributed by atoms with van der Waals surface area (Å²) in [7, 11) is 0. The number of anilines is 1. The number of fused-ring (bicyclic) bond motifs is 1. The van der Waals surface area contributed by atoms with Crippen LogP contribution in [0.2, 0.25) is 0 Å². The number of para-hydroxylation sites is 1. The van der Waals surface area contributed by atoms with Crippen LogP contribution in [0.4, 0.5) is 5.82 Å². The number of rotatable bonds is 3. The third kappa shape index (κ3) is 2.29. The second-order valence-corrected chi connectivity index (χ2v) is 4.75. The van der Waals surface area contributed by atoms with Gasteiger partial charge in [-0.2, -0.15) is 0 Å². The maximum atomic E-state index is 5.51. The van der Waals surface area contributed by atoms with E-state index in [1.807, 2.05) is 36.4 Å². The van der Waals surface area contributed by atoms with Gasteiger partial charge in [0.05, 0.1) is 5.69 Å². The number of furan rings is 1. The maximum absolute atomic E-state index is 5.51. The van der Waals surface area contributed by atoms with Crippen molar-refractivity contribution >= 4 is 16.8 Å². The van der Waals surface area contributed by atoms with Gasteiger partial charge in [0.15, 0.2) is 0 Å². The van der Waals surface area contributed by atoms with Crippen molar-refractivity contribution in [2.75, 3.05) is 5.32 Å². The topological polar surface area (TPSA) is 51.0 Å². The lowest BCUT2D eigenvalue weighted by molar-refractivity contribution is 0.616. The molecular formula is C15H15N3O. The number of nitrogens with one attached hydrogen (secondary N) is 1. The van der Waals surface area contributed by atoms with E-state index in [0.717, 1.165) is 28.0 Å². The Balaban J connectivity index is 1.98. The third-order valence-electron chi connectivity index (χ3n) is 2.86. The van der Waals surface area contributed by atoms with E-state index in [0.29, 0.717) is 6.04 Å². The van der Waals surface area contributed by atoms with E-state index in [-0.39, 0.29) is 0 Å². The van der Waals surface area contributed by atoms with Gasteiger partial charge in [0.2, 0.25) is 0 Å². The first-order chi connectivity index (χ1) is 9.24. The summed E-state index contributed by atoms with van der Waals surface area (Å²) in [6, 6.07) is 12.1. The van der Waals surface area contributed by atoms with Crippen molar-refractivity contribution in [3.05, 3.63) is 42.7 Å². The fourth-order valence-corrected chi connectivity index (χ4v) is 2.02. The van der Waals surface area contributed by atoms with Crippen LogP contribution in [0.5, 0.6) is 0 Å². The summed E-state index contributed by atoms with van der Waals surface area (Å²) < 4.78 is 5.51. The van der Waals surface area contributed by atoms with Crippen molar-refractivity contribution in [2.45, 2.75) is 19.9 Å². The van der Waals surface area contributed by atoms with Gasteiger partial charge in [-0.1, -0.05) is 18.2 Å². The number of benzene rings is 1. The Morgan fingerprint density at radius 2 is 1.89 bits per heavy atom. The number of hydrogen-bond donors (Lipinski definition) is 1. The van der Waals surface area contributed by atoms with Crippen LogP contribution in [0.15, 0.2) is 47.1 Å². The quantitative estimate of drug-likeness (QED) is 0.773. The highest BCUT2D eigenvalue weighted by Crippen LogP contribution is 2.28. The lowest BCUT2D eigenvalue weighted by atomic mass is 10.1. The summed E-state index contributed by atoms with van der Waals surface area (Å²) in [6.45, 7) is 4.14. The molecule has 3 rings (SSSR count). The first kappa shape index (κ1) is 11.7. The minimum atomic E-state index is 0.343. The first-order valence-electron chi connectivity index (χ1n) is 6.31. The van der Waals surface area contributed by atoms with Crippen LogP contribution in [0.3, 0.4) is 0 Å². The van der Waals surface area contributed by atoms with E-state index in [2.05, 4.69) is 29.4 Å². The number of aromatic nitrogens is 2. The van der Waals surface area contributed by atoms with Crippen LogP contribution in [-0.2, 0) is 0 Å². The van der Waals surface area contributed by atoms with Gasteiger partial charge >= 0.3 is 0 Å². The predicted molar refractivity (Wildman–Crippen MR) is 76.0 cm³/mol. The van der Waals surface area contributed by atoms with E-state index >= 15 is 0 Å². The van der Waals surface area contributed by atoms with E-state index in [9.17, 15) is 0 Å². The fourth-order valence-electron chi connectivity index (χ4n) is 2.02. The molecule has 0 aliphatic carbocycles. The van der Waals surface area contributed by atoms with Crippen LogP contribution in [0, 0.1) is 0 Å². The second kappa shape index (κ2) is 4.72. The predicted octanol–water partition coefficient (Wildman–Crippen LogP) is 3.71. The van der Waals surface area contributed by atoms with Crippen LogP contribution in [0.1, 0.15) is 13.8 Å². The highest BCUT2D eigenvalue weighted by atomic mass is 16.3. The molecule has 0 fully saturated rings. The summed E-state index contributed by atoms with van der Waals surface area (Å²) in [5.74, 6) is 0.784. The average Bonchev–Trinajstić information content (AvgIpc) is 2.83. The summed E-state index contributed by atoms with van der Waals surface area (Å²) in [5.41, 5.74) is 2.65. The molecular weight excluding hydrogens is 238 g/mol. The van der Waals surface area contributed by atoms with Gasteiger partial charge in [-0.05, 0) is 32.0 Å². The van der Waals surface area contributed by atoms with E-state index < -0.39 is 0 Å². The standard InChI is InChI=1S/C15H15N3O/c1-10(2)16-15-8-7-13(17-18-15)12-9-19-14-6-4-3-5-11(12)14/h3-10H,1-2H3,(H,16,18). The molecule has 0 saturated heterocycles. The molecule has 0 aliphatic heterocycles. The first-order valence-corrected chi connectivity index (χ1v) is 6.31. The zero-order valence-electron chi connectivity index (χ0n) is 10.9. The molecule has 3 aromatic rings.